The second-order valence-corrected chi connectivity index (χ2v) is 6.74. The van der Waals surface area contributed by atoms with Crippen molar-refractivity contribution in [2.45, 2.75) is 37.4 Å². The summed E-state index contributed by atoms with van der Waals surface area (Å²) in [4.78, 5) is 14.4. The number of carbonyl (C=O) groups is 1. The summed E-state index contributed by atoms with van der Waals surface area (Å²) in [6.07, 6.45) is 1.18. The summed E-state index contributed by atoms with van der Waals surface area (Å²) in [6.45, 7) is 11.6. The Hall–Kier alpha value is -2.17. The van der Waals surface area contributed by atoms with Crippen LogP contribution in [0.4, 0.5) is 0 Å². The molecule has 3 atom stereocenters. The van der Waals surface area contributed by atoms with Gasteiger partial charge in [0.2, 0.25) is 0 Å². The van der Waals surface area contributed by atoms with Crippen molar-refractivity contribution in [1.82, 2.24) is 4.90 Å². The fraction of sp³-hybridized carbons (Fsp3) is 0.400. The summed E-state index contributed by atoms with van der Waals surface area (Å²) < 4.78 is 11.6. The first-order chi connectivity index (χ1) is 11.8. The van der Waals surface area contributed by atoms with Crippen LogP contribution in [0.5, 0.6) is 0 Å². The van der Waals surface area contributed by atoms with E-state index < -0.39 is 29.4 Å². The lowest BCUT2D eigenvalue weighted by molar-refractivity contribution is -0.200. The molecule has 25 heavy (non-hydrogen) atoms. The fourth-order valence-corrected chi connectivity index (χ4v) is 3.62. The second-order valence-electron chi connectivity index (χ2n) is 6.74. The molecule has 0 aliphatic carbocycles. The van der Waals surface area contributed by atoms with Gasteiger partial charge in [-0.25, -0.2) is 0 Å². The van der Waals surface area contributed by atoms with Gasteiger partial charge in [-0.2, -0.15) is 0 Å². The number of hydrogen-bond donors (Lipinski definition) is 1. The number of hydrogen-bond acceptors (Lipinski definition) is 4. The first-order valence-corrected chi connectivity index (χ1v) is 8.27. The Morgan fingerprint density at radius 1 is 1.44 bits per heavy atom. The van der Waals surface area contributed by atoms with Crippen LogP contribution < -0.4 is 0 Å². The molecular formula is C20H23NO4. The smallest absolute Gasteiger partial charge is 0.262 e. The van der Waals surface area contributed by atoms with Crippen molar-refractivity contribution in [2.75, 3.05) is 13.2 Å². The maximum atomic E-state index is 12.8. The Labute approximate surface area is 147 Å². The van der Waals surface area contributed by atoms with E-state index in [9.17, 15) is 9.90 Å². The molecule has 0 saturated carbocycles. The molecule has 132 valence electrons. The van der Waals surface area contributed by atoms with Crippen molar-refractivity contribution in [3.05, 3.63) is 60.9 Å². The summed E-state index contributed by atoms with van der Waals surface area (Å²) in [5, 5.41) is 11.4. The minimum absolute atomic E-state index is 0.292. The molecule has 2 aliphatic heterocycles. The van der Waals surface area contributed by atoms with Crippen molar-refractivity contribution in [2.24, 2.45) is 0 Å². The van der Waals surface area contributed by atoms with Crippen LogP contribution in [0.15, 0.2) is 55.3 Å². The number of carbonyl (C=O) groups excluding carboxylic acids is 1. The average Bonchev–Trinajstić information content (AvgIpc) is 2.95. The summed E-state index contributed by atoms with van der Waals surface area (Å²) in [7, 11) is 0. The molecule has 0 aromatic heterocycles. The zero-order valence-electron chi connectivity index (χ0n) is 14.6. The third-order valence-corrected chi connectivity index (χ3v) is 4.68. The van der Waals surface area contributed by atoms with Crippen molar-refractivity contribution in [3.63, 3.8) is 0 Å². The molecule has 0 bridgehead atoms. The number of β-lactam (4-membered cyclic amide) rings is 1. The molecule has 3 rings (SSSR count). The van der Waals surface area contributed by atoms with Crippen LogP contribution in [0, 0.1) is 0 Å². The molecule has 1 aromatic rings. The lowest BCUT2D eigenvalue weighted by Gasteiger charge is -2.54. The van der Waals surface area contributed by atoms with Gasteiger partial charge in [-0.05, 0) is 19.4 Å². The van der Waals surface area contributed by atoms with Gasteiger partial charge in [0.15, 0.2) is 11.4 Å². The Bertz CT molecular complexity index is 735. The predicted octanol–water partition coefficient (Wildman–Crippen LogP) is 2.13. The summed E-state index contributed by atoms with van der Waals surface area (Å²) in [5.74, 6) is -1.16. The largest absolute Gasteiger partial charge is 0.373 e. The van der Waals surface area contributed by atoms with Crippen LogP contribution in [-0.4, -0.2) is 52.6 Å². The van der Waals surface area contributed by atoms with Gasteiger partial charge in [-0.1, -0.05) is 43.0 Å². The Morgan fingerprint density at radius 3 is 2.64 bits per heavy atom. The zero-order valence-corrected chi connectivity index (χ0v) is 14.6. The number of likely N-dealkylation sites (tertiary alicyclic amines) is 1. The van der Waals surface area contributed by atoms with Gasteiger partial charge < -0.3 is 19.5 Å². The molecule has 0 unspecified atom stereocenters. The Balaban J connectivity index is 2.01. The molecule has 2 saturated heterocycles. The number of aliphatic hydroxyl groups is 1. The molecule has 2 heterocycles. The molecule has 2 aliphatic rings. The quantitative estimate of drug-likeness (QED) is 0.506. The van der Waals surface area contributed by atoms with E-state index in [0.717, 1.165) is 0 Å². The van der Waals surface area contributed by atoms with E-state index >= 15 is 0 Å². The van der Waals surface area contributed by atoms with E-state index in [2.05, 4.69) is 18.9 Å². The minimum Gasteiger partial charge on any atom is -0.373 e. The number of ether oxygens (including phenoxy) is 2. The third-order valence-electron chi connectivity index (χ3n) is 4.68. The van der Waals surface area contributed by atoms with Crippen molar-refractivity contribution in [1.29, 1.82) is 0 Å². The summed E-state index contributed by atoms with van der Waals surface area (Å²) in [6, 6.07) is 8.60. The van der Waals surface area contributed by atoms with E-state index in [0.29, 0.717) is 24.3 Å². The molecule has 0 spiro atoms. The molecule has 1 aromatic carbocycles. The number of benzene rings is 1. The molecule has 1 N–H and O–H groups in total. The van der Waals surface area contributed by atoms with E-state index in [1.807, 2.05) is 44.2 Å². The fourth-order valence-electron chi connectivity index (χ4n) is 3.62. The lowest BCUT2D eigenvalue weighted by Crippen LogP contribution is -2.77. The van der Waals surface area contributed by atoms with Gasteiger partial charge >= 0.3 is 0 Å². The van der Waals surface area contributed by atoms with Gasteiger partial charge in [0, 0.05) is 12.1 Å². The number of amides is 1. The van der Waals surface area contributed by atoms with Crippen LogP contribution in [0.1, 0.15) is 19.4 Å². The van der Waals surface area contributed by atoms with Crippen molar-refractivity contribution < 1.29 is 19.4 Å². The highest BCUT2D eigenvalue weighted by Crippen LogP contribution is 2.45. The monoisotopic (exact) mass is 341 g/mol. The molecule has 5 heteroatoms. The topological polar surface area (TPSA) is 59.0 Å². The zero-order chi connectivity index (χ0) is 18.2. The van der Waals surface area contributed by atoms with Gasteiger partial charge in [-0.3, -0.25) is 4.79 Å². The average molecular weight is 341 g/mol. The number of rotatable bonds is 5. The molecular weight excluding hydrogens is 318 g/mol. The van der Waals surface area contributed by atoms with E-state index in [1.54, 1.807) is 11.0 Å². The first kappa shape index (κ1) is 17.6. The van der Waals surface area contributed by atoms with Crippen molar-refractivity contribution in [3.8, 4) is 0 Å². The van der Waals surface area contributed by atoms with Crippen LogP contribution in [0.2, 0.25) is 0 Å². The Kier molecular flexibility index (Phi) is 4.43. The van der Waals surface area contributed by atoms with Crippen LogP contribution in [0.3, 0.4) is 0 Å². The highest BCUT2D eigenvalue weighted by atomic mass is 16.7. The van der Waals surface area contributed by atoms with Gasteiger partial charge in [0.1, 0.15) is 12.1 Å². The SMILES string of the molecule is C=C=C(c1ccccc1)[C@]1(O)C(=O)N(CC=C)[C@H]1[C@H]1COC(C)(C)O1. The predicted molar refractivity (Wildman–Crippen MR) is 94.5 cm³/mol. The highest BCUT2D eigenvalue weighted by Gasteiger charge is 2.66. The minimum atomic E-state index is -1.75. The molecule has 5 nitrogen and oxygen atoms in total. The standard InChI is InChI=1S/C20H23NO4/c1-5-12-21-17(16-13-24-19(3,4)25-16)20(23,18(21)22)15(6-2)14-10-8-7-9-11-14/h5,7-11,16-17,23H,1-2,12-13H2,3-4H3/t16-,17+,20-/m1/s1. The van der Waals surface area contributed by atoms with Crippen LogP contribution >= 0.6 is 0 Å². The maximum absolute atomic E-state index is 12.8. The van der Waals surface area contributed by atoms with E-state index in [4.69, 9.17) is 9.47 Å². The van der Waals surface area contributed by atoms with Crippen molar-refractivity contribution >= 4 is 11.5 Å². The summed E-state index contributed by atoms with van der Waals surface area (Å²) in [5.41, 5.74) is 2.09. The first-order valence-electron chi connectivity index (χ1n) is 8.27. The van der Waals surface area contributed by atoms with Gasteiger partial charge in [0.25, 0.3) is 5.91 Å². The normalized spacial score (nSPS) is 30.5. The maximum Gasteiger partial charge on any atom is 0.262 e. The lowest BCUT2D eigenvalue weighted by atomic mass is 9.71. The van der Waals surface area contributed by atoms with E-state index in [1.165, 1.54) is 0 Å². The number of nitrogens with zero attached hydrogens (tertiary/aromatic N) is 1. The Morgan fingerprint density at radius 2 is 2.12 bits per heavy atom. The van der Waals surface area contributed by atoms with Crippen LogP contribution in [0.25, 0.3) is 5.57 Å². The van der Waals surface area contributed by atoms with Gasteiger partial charge in [-0.15, -0.1) is 12.3 Å². The van der Waals surface area contributed by atoms with E-state index in [-0.39, 0.29) is 0 Å². The van der Waals surface area contributed by atoms with Crippen LogP contribution in [-0.2, 0) is 14.3 Å². The highest BCUT2D eigenvalue weighted by molar-refractivity contribution is 6.05. The summed E-state index contributed by atoms with van der Waals surface area (Å²) >= 11 is 0. The molecule has 0 radical (unpaired) electrons. The second kappa shape index (κ2) is 6.28. The third kappa shape index (κ3) is 2.75. The van der Waals surface area contributed by atoms with Gasteiger partial charge in [0.05, 0.1) is 6.61 Å². The molecule has 2 fully saturated rings. The molecule has 1 amide bonds.